The highest BCUT2D eigenvalue weighted by molar-refractivity contribution is 7.99. The number of nitrogens with zero attached hydrogens (tertiary/aromatic N) is 1. The van der Waals surface area contributed by atoms with Crippen LogP contribution in [0.15, 0.2) is 11.1 Å². The zero-order valence-corrected chi connectivity index (χ0v) is 11.8. The lowest BCUT2D eigenvalue weighted by Crippen LogP contribution is -2.11. The highest BCUT2D eigenvalue weighted by Gasteiger charge is 2.20. The summed E-state index contributed by atoms with van der Waals surface area (Å²) in [6.07, 6.45) is 10.5. The molecule has 0 saturated heterocycles. The number of rotatable bonds is 3. The summed E-state index contributed by atoms with van der Waals surface area (Å²) in [6.45, 7) is 0.634. The Kier molecular flexibility index (Phi) is 3.90. The molecular formula is C15H22N2S. The molecule has 0 bridgehead atoms. The van der Waals surface area contributed by atoms with Gasteiger partial charge in [0.05, 0.1) is 0 Å². The number of aromatic nitrogens is 1. The molecule has 0 aliphatic heterocycles. The fourth-order valence-electron chi connectivity index (χ4n) is 3.07. The highest BCUT2D eigenvalue weighted by Crippen LogP contribution is 2.36. The van der Waals surface area contributed by atoms with Crippen LogP contribution in [0.4, 0.5) is 0 Å². The van der Waals surface area contributed by atoms with Crippen molar-refractivity contribution in [2.45, 2.75) is 68.2 Å². The largest absolute Gasteiger partial charge is 0.326 e. The van der Waals surface area contributed by atoms with E-state index in [1.807, 2.05) is 11.8 Å². The number of pyridine rings is 1. The molecule has 1 aromatic heterocycles. The lowest BCUT2D eigenvalue weighted by atomic mass is 9.95. The summed E-state index contributed by atoms with van der Waals surface area (Å²) in [4.78, 5) is 4.93. The zero-order valence-electron chi connectivity index (χ0n) is 11.0. The molecule has 0 spiro atoms. The third kappa shape index (κ3) is 2.57. The third-order valence-electron chi connectivity index (χ3n) is 4.14. The maximum absolute atomic E-state index is 5.90. The molecule has 3 heteroatoms. The summed E-state index contributed by atoms with van der Waals surface area (Å²) < 4.78 is 0. The van der Waals surface area contributed by atoms with Gasteiger partial charge in [-0.25, -0.2) is 4.98 Å². The van der Waals surface area contributed by atoms with Crippen LogP contribution in [0, 0.1) is 0 Å². The second-order valence-electron chi connectivity index (χ2n) is 5.49. The summed E-state index contributed by atoms with van der Waals surface area (Å²) in [5.74, 6) is 0. The number of thioether (sulfide) groups is 1. The predicted molar refractivity (Wildman–Crippen MR) is 76.9 cm³/mol. The molecule has 1 fully saturated rings. The molecule has 0 amide bonds. The normalized spacial score (nSPS) is 20.1. The van der Waals surface area contributed by atoms with Crippen LogP contribution in [0.1, 0.15) is 55.3 Å². The van der Waals surface area contributed by atoms with E-state index in [1.165, 1.54) is 73.2 Å². The van der Waals surface area contributed by atoms with Crippen molar-refractivity contribution in [3.05, 3.63) is 22.9 Å². The van der Waals surface area contributed by atoms with Crippen molar-refractivity contribution in [2.24, 2.45) is 5.73 Å². The Morgan fingerprint density at radius 1 is 1.17 bits per heavy atom. The first-order valence-corrected chi connectivity index (χ1v) is 8.13. The molecular weight excluding hydrogens is 240 g/mol. The third-order valence-corrected chi connectivity index (χ3v) is 5.52. The van der Waals surface area contributed by atoms with Crippen LogP contribution in [0.25, 0.3) is 0 Å². The van der Waals surface area contributed by atoms with E-state index in [2.05, 4.69) is 6.07 Å². The van der Waals surface area contributed by atoms with E-state index in [4.69, 9.17) is 10.7 Å². The van der Waals surface area contributed by atoms with Gasteiger partial charge in [0.25, 0.3) is 0 Å². The molecule has 2 aliphatic rings. The van der Waals surface area contributed by atoms with Crippen LogP contribution in [-0.2, 0) is 19.4 Å². The van der Waals surface area contributed by atoms with Gasteiger partial charge < -0.3 is 5.73 Å². The quantitative estimate of drug-likeness (QED) is 0.906. The van der Waals surface area contributed by atoms with Gasteiger partial charge in [-0.05, 0) is 49.7 Å². The number of hydrogen-bond donors (Lipinski definition) is 1. The number of nitrogens with two attached hydrogens (primary N) is 1. The Morgan fingerprint density at radius 2 is 1.94 bits per heavy atom. The molecule has 2 aliphatic carbocycles. The molecule has 2 N–H and O–H groups in total. The van der Waals surface area contributed by atoms with Crippen LogP contribution in [0.5, 0.6) is 0 Å². The summed E-state index contributed by atoms with van der Waals surface area (Å²) in [5, 5.41) is 2.01. The number of aryl methyl sites for hydroxylation is 2. The van der Waals surface area contributed by atoms with Gasteiger partial charge in [0.2, 0.25) is 0 Å². The van der Waals surface area contributed by atoms with Crippen LogP contribution in [0.2, 0.25) is 0 Å². The number of hydrogen-bond acceptors (Lipinski definition) is 3. The zero-order chi connectivity index (χ0) is 12.4. The van der Waals surface area contributed by atoms with Gasteiger partial charge in [0, 0.05) is 17.5 Å². The maximum atomic E-state index is 5.90. The first-order chi connectivity index (χ1) is 8.86. The van der Waals surface area contributed by atoms with Gasteiger partial charge in [-0.1, -0.05) is 18.9 Å². The van der Waals surface area contributed by atoms with Crippen molar-refractivity contribution in [1.82, 2.24) is 4.98 Å². The van der Waals surface area contributed by atoms with Crippen molar-refractivity contribution in [2.75, 3.05) is 0 Å². The molecule has 1 heterocycles. The predicted octanol–water partition coefficient (Wildman–Crippen LogP) is 3.45. The van der Waals surface area contributed by atoms with Gasteiger partial charge in [-0.15, -0.1) is 11.8 Å². The average Bonchev–Trinajstić information content (AvgIpc) is 2.91. The van der Waals surface area contributed by atoms with E-state index >= 15 is 0 Å². The van der Waals surface area contributed by atoms with Crippen LogP contribution >= 0.6 is 11.8 Å². The smallest absolute Gasteiger partial charge is 0.101 e. The minimum absolute atomic E-state index is 0.634. The SMILES string of the molecule is NCc1cc2c(nc1SC1CCCC1)CCCC2. The van der Waals surface area contributed by atoms with Crippen molar-refractivity contribution in [1.29, 1.82) is 0 Å². The monoisotopic (exact) mass is 262 g/mol. The fourth-order valence-corrected chi connectivity index (χ4v) is 4.42. The van der Waals surface area contributed by atoms with Gasteiger partial charge >= 0.3 is 0 Å². The summed E-state index contributed by atoms with van der Waals surface area (Å²) in [7, 11) is 0. The van der Waals surface area contributed by atoms with Gasteiger partial charge in [0.1, 0.15) is 5.03 Å². The van der Waals surface area contributed by atoms with Crippen molar-refractivity contribution < 1.29 is 0 Å². The highest BCUT2D eigenvalue weighted by atomic mass is 32.2. The van der Waals surface area contributed by atoms with Crippen molar-refractivity contribution in [3.63, 3.8) is 0 Å². The average molecular weight is 262 g/mol. The molecule has 1 aromatic rings. The second-order valence-corrected chi connectivity index (χ2v) is 6.78. The number of fused-ring (bicyclic) bond motifs is 1. The first kappa shape index (κ1) is 12.5. The fraction of sp³-hybridized carbons (Fsp3) is 0.667. The molecule has 18 heavy (non-hydrogen) atoms. The minimum Gasteiger partial charge on any atom is -0.326 e. The summed E-state index contributed by atoms with van der Waals surface area (Å²) in [6, 6.07) is 2.33. The Labute approximate surface area is 114 Å². The van der Waals surface area contributed by atoms with Crippen molar-refractivity contribution in [3.8, 4) is 0 Å². The van der Waals surface area contributed by atoms with E-state index in [9.17, 15) is 0 Å². The van der Waals surface area contributed by atoms with Crippen molar-refractivity contribution >= 4 is 11.8 Å². The minimum atomic E-state index is 0.634. The standard InChI is InChI=1S/C15H22N2S/c16-10-12-9-11-5-1-4-8-14(11)17-15(12)18-13-6-2-3-7-13/h9,13H,1-8,10,16H2. The Morgan fingerprint density at radius 3 is 2.72 bits per heavy atom. The Hall–Kier alpha value is -0.540. The second kappa shape index (κ2) is 5.62. The molecule has 0 radical (unpaired) electrons. The summed E-state index contributed by atoms with van der Waals surface area (Å²) >= 11 is 1.98. The van der Waals surface area contributed by atoms with Crippen LogP contribution in [0.3, 0.4) is 0 Å². The molecule has 2 nitrogen and oxygen atoms in total. The molecule has 0 atom stereocenters. The first-order valence-electron chi connectivity index (χ1n) is 7.25. The van der Waals surface area contributed by atoms with Gasteiger partial charge in [0.15, 0.2) is 0 Å². The van der Waals surface area contributed by atoms with E-state index in [0.717, 1.165) is 5.25 Å². The lowest BCUT2D eigenvalue weighted by molar-refractivity contribution is 0.656. The Bertz CT molecular complexity index is 425. The van der Waals surface area contributed by atoms with E-state index < -0.39 is 0 Å². The van der Waals surface area contributed by atoms with Crippen LogP contribution in [-0.4, -0.2) is 10.2 Å². The molecule has 98 valence electrons. The molecule has 1 saturated carbocycles. The molecule has 0 unspecified atom stereocenters. The van der Waals surface area contributed by atoms with Crippen LogP contribution < -0.4 is 5.73 Å². The van der Waals surface area contributed by atoms with E-state index in [0.29, 0.717) is 6.54 Å². The molecule has 3 rings (SSSR count). The Balaban J connectivity index is 1.86. The summed E-state index contributed by atoms with van der Waals surface area (Å²) in [5.41, 5.74) is 9.98. The van der Waals surface area contributed by atoms with E-state index in [-0.39, 0.29) is 0 Å². The van der Waals surface area contributed by atoms with Gasteiger partial charge in [-0.3, -0.25) is 0 Å². The lowest BCUT2D eigenvalue weighted by Gasteiger charge is -2.19. The maximum Gasteiger partial charge on any atom is 0.101 e. The topological polar surface area (TPSA) is 38.9 Å². The van der Waals surface area contributed by atoms with E-state index in [1.54, 1.807) is 0 Å². The molecule has 0 aromatic carbocycles. The van der Waals surface area contributed by atoms with Gasteiger partial charge in [-0.2, -0.15) is 0 Å².